The average molecular weight is 330 g/mol. The van der Waals surface area contributed by atoms with Gasteiger partial charge in [0.15, 0.2) is 0 Å². The van der Waals surface area contributed by atoms with Crippen molar-refractivity contribution in [1.82, 2.24) is 15.5 Å². The Hall–Kier alpha value is -2.66. The van der Waals surface area contributed by atoms with Crippen molar-refractivity contribution in [2.24, 2.45) is 0 Å². The fraction of sp³-hybridized carbons (Fsp3) is 0.0588. The summed E-state index contributed by atoms with van der Waals surface area (Å²) in [5, 5.41) is 10.2. The van der Waals surface area contributed by atoms with Gasteiger partial charge in [0.1, 0.15) is 11.5 Å². The van der Waals surface area contributed by atoms with Gasteiger partial charge in [0.25, 0.3) is 5.91 Å². The maximum absolute atomic E-state index is 12.9. The number of carbonyl (C=O) groups is 1. The van der Waals surface area contributed by atoms with E-state index in [0.29, 0.717) is 23.0 Å². The van der Waals surface area contributed by atoms with E-state index >= 15 is 0 Å². The number of amides is 1. The number of benzene rings is 2. The summed E-state index contributed by atoms with van der Waals surface area (Å²) in [6, 6.07) is 14.8. The molecule has 116 valence electrons. The van der Waals surface area contributed by atoms with E-state index in [-0.39, 0.29) is 11.7 Å². The van der Waals surface area contributed by atoms with Gasteiger partial charge in [0.05, 0.1) is 5.69 Å². The highest BCUT2D eigenvalue weighted by Gasteiger charge is 2.11. The number of halogens is 2. The number of H-pyrrole nitrogens is 1. The largest absolute Gasteiger partial charge is 0.347 e. The Bertz CT molecular complexity index is 813. The van der Waals surface area contributed by atoms with Crippen LogP contribution in [0.5, 0.6) is 0 Å². The van der Waals surface area contributed by atoms with Gasteiger partial charge in [0.2, 0.25) is 0 Å². The number of nitrogens with zero attached hydrogens (tertiary/aromatic N) is 1. The first-order chi connectivity index (χ1) is 11.1. The number of nitrogens with one attached hydrogen (secondary N) is 2. The van der Waals surface area contributed by atoms with E-state index in [1.807, 2.05) is 12.1 Å². The van der Waals surface area contributed by atoms with Crippen molar-refractivity contribution < 1.29 is 9.18 Å². The monoisotopic (exact) mass is 329 g/mol. The molecule has 0 saturated heterocycles. The van der Waals surface area contributed by atoms with E-state index in [4.69, 9.17) is 11.6 Å². The minimum absolute atomic E-state index is 0.263. The third kappa shape index (κ3) is 3.76. The van der Waals surface area contributed by atoms with Gasteiger partial charge < -0.3 is 5.32 Å². The van der Waals surface area contributed by atoms with Gasteiger partial charge in [-0.2, -0.15) is 5.10 Å². The molecule has 1 heterocycles. The van der Waals surface area contributed by atoms with Crippen LogP contribution < -0.4 is 5.32 Å². The van der Waals surface area contributed by atoms with E-state index in [1.54, 1.807) is 30.3 Å². The molecule has 1 aromatic heterocycles. The van der Waals surface area contributed by atoms with Crippen molar-refractivity contribution >= 4 is 17.5 Å². The number of rotatable bonds is 4. The molecule has 0 unspecified atom stereocenters. The SMILES string of the molecule is O=C(NCc1ccc(Cl)cc1)c1cc(-c2ccc(F)cc2)n[nH]1. The van der Waals surface area contributed by atoms with Crippen LogP contribution in [0.3, 0.4) is 0 Å². The molecule has 0 bridgehead atoms. The highest BCUT2D eigenvalue weighted by molar-refractivity contribution is 6.30. The fourth-order valence-corrected chi connectivity index (χ4v) is 2.21. The molecule has 2 N–H and O–H groups in total. The molecule has 0 atom stereocenters. The molecule has 0 aliphatic carbocycles. The van der Waals surface area contributed by atoms with Crippen LogP contribution in [0.1, 0.15) is 16.1 Å². The summed E-state index contributed by atoms with van der Waals surface area (Å²) >= 11 is 5.82. The second kappa shape index (κ2) is 6.62. The molecule has 1 amide bonds. The molecule has 3 rings (SSSR count). The van der Waals surface area contributed by atoms with Crippen LogP contribution in [-0.2, 0) is 6.54 Å². The molecule has 4 nitrogen and oxygen atoms in total. The van der Waals surface area contributed by atoms with Gasteiger partial charge in [0, 0.05) is 17.1 Å². The van der Waals surface area contributed by atoms with Crippen LogP contribution in [0.2, 0.25) is 5.02 Å². The third-order valence-corrected chi connectivity index (χ3v) is 3.58. The summed E-state index contributed by atoms with van der Waals surface area (Å²) in [5.74, 6) is -0.578. The predicted octanol–water partition coefficient (Wildman–Crippen LogP) is 3.80. The average Bonchev–Trinajstić information content (AvgIpc) is 3.05. The molecule has 0 radical (unpaired) electrons. The van der Waals surface area contributed by atoms with Gasteiger partial charge in [-0.1, -0.05) is 23.7 Å². The number of hydrogen-bond acceptors (Lipinski definition) is 2. The Labute approximate surface area is 137 Å². The molecule has 6 heteroatoms. The van der Waals surface area contributed by atoms with E-state index in [9.17, 15) is 9.18 Å². The molecule has 0 aliphatic heterocycles. The topological polar surface area (TPSA) is 57.8 Å². The highest BCUT2D eigenvalue weighted by atomic mass is 35.5. The maximum Gasteiger partial charge on any atom is 0.269 e. The van der Waals surface area contributed by atoms with E-state index < -0.39 is 0 Å². The molecule has 2 aromatic carbocycles. The lowest BCUT2D eigenvalue weighted by Gasteiger charge is -2.03. The number of aromatic nitrogens is 2. The van der Waals surface area contributed by atoms with Crippen LogP contribution in [0, 0.1) is 5.82 Å². The molecule has 0 spiro atoms. The summed E-state index contributed by atoms with van der Waals surface area (Å²) in [5.41, 5.74) is 2.61. The van der Waals surface area contributed by atoms with Crippen molar-refractivity contribution in [3.63, 3.8) is 0 Å². The summed E-state index contributed by atoms with van der Waals surface area (Å²) in [7, 11) is 0. The minimum Gasteiger partial charge on any atom is -0.347 e. The van der Waals surface area contributed by atoms with Crippen molar-refractivity contribution in [3.8, 4) is 11.3 Å². The van der Waals surface area contributed by atoms with Crippen LogP contribution in [0.25, 0.3) is 11.3 Å². The molecular formula is C17H13ClFN3O. The van der Waals surface area contributed by atoms with Crippen molar-refractivity contribution in [2.75, 3.05) is 0 Å². The lowest BCUT2D eigenvalue weighted by Crippen LogP contribution is -2.23. The number of carbonyl (C=O) groups excluding carboxylic acids is 1. The summed E-state index contributed by atoms with van der Waals surface area (Å²) in [6.07, 6.45) is 0. The summed E-state index contributed by atoms with van der Waals surface area (Å²) < 4.78 is 12.9. The van der Waals surface area contributed by atoms with Crippen LogP contribution in [0.15, 0.2) is 54.6 Å². The van der Waals surface area contributed by atoms with Gasteiger partial charge in [-0.25, -0.2) is 4.39 Å². The standard InChI is InChI=1S/C17H13ClFN3O/c18-13-5-1-11(2-6-13)10-20-17(23)16-9-15(21-22-16)12-3-7-14(19)8-4-12/h1-9H,10H2,(H,20,23)(H,21,22). The number of aromatic amines is 1. The van der Waals surface area contributed by atoms with Gasteiger partial charge in [-0.05, 0) is 48.0 Å². The first-order valence-corrected chi connectivity index (χ1v) is 7.33. The molecule has 3 aromatic rings. The highest BCUT2D eigenvalue weighted by Crippen LogP contribution is 2.18. The zero-order valence-corrected chi connectivity index (χ0v) is 12.8. The summed E-state index contributed by atoms with van der Waals surface area (Å²) in [4.78, 5) is 12.1. The lowest BCUT2D eigenvalue weighted by atomic mass is 10.1. The van der Waals surface area contributed by atoms with Crippen LogP contribution >= 0.6 is 11.6 Å². The Morgan fingerprint density at radius 2 is 1.83 bits per heavy atom. The van der Waals surface area contributed by atoms with Crippen molar-refractivity contribution in [3.05, 3.63) is 76.7 Å². The molecule has 23 heavy (non-hydrogen) atoms. The normalized spacial score (nSPS) is 10.5. The minimum atomic E-state index is -0.315. The fourth-order valence-electron chi connectivity index (χ4n) is 2.09. The zero-order chi connectivity index (χ0) is 16.2. The second-order valence-corrected chi connectivity index (χ2v) is 5.42. The molecule has 0 aliphatic rings. The first-order valence-electron chi connectivity index (χ1n) is 6.96. The first kappa shape index (κ1) is 15.2. The molecule has 0 fully saturated rings. The van der Waals surface area contributed by atoms with Gasteiger partial charge in [-0.15, -0.1) is 0 Å². The molecule has 0 saturated carbocycles. The molecular weight excluding hydrogens is 317 g/mol. The van der Waals surface area contributed by atoms with E-state index in [2.05, 4.69) is 15.5 Å². The predicted molar refractivity (Wildman–Crippen MR) is 86.6 cm³/mol. The Morgan fingerprint density at radius 1 is 1.13 bits per heavy atom. The third-order valence-electron chi connectivity index (χ3n) is 3.33. The number of hydrogen-bond donors (Lipinski definition) is 2. The Kier molecular flexibility index (Phi) is 4.39. The zero-order valence-electron chi connectivity index (χ0n) is 12.0. The quantitative estimate of drug-likeness (QED) is 0.765. The van der Waals surface area contributed by atoms with Gasteiger partial charge in [-0.3, -0.25) is 9.89 Å². The smallest absolute Gasteiger partial charge is 0.269 e. The van der Waals surface area contributed by atoms with Crippen LogP contribution in [-0.4, -0.2) is 16.1 Å². The Morgan fingerprint density at radius 3 is 2.52 bits per heavy atom. The van der Waals surface area contributed by atoms with E-state index in [0.717, 1.165) is 11.1 Å². The van der Waals surface area contributed by atoms with E-state index in [1.165, 1.54) is 12.1 Å². The van der Waals surface area contributed by atoms with Crippen molar-refractivity contribution in [1.29, 1.82) is 0 Å². The maximum atomic E-state index is 12.9. The van der Waals surface area contributed by atoms with Gasteiger partial charge >= 0.3 is 0 Å². The van der Waals surface area contributed by atoms with Crippen molar-refractivity contribution in [2.45, 2.75) is 6.54 Å². The summed E-state index contributed by atoms with van der Waals surface area (Å²) in [6.45, 7) is 0.390. The van der Waals surface area contributed by atoms with Crippen LogP contribution in [0.4, 0.5) is 4.39 Å². The lowest BCUT2D eigenvalue weighted by molar-refractivity contribution is 0.0946. The Balaban J connectivity index is 1.66. The second-order valence-electron chi connectivity index (χ2n) is 4.98.